The molecule has 0 saturated carbocycles. The largest absolute Gasteiger partial charge is 0.323 e. The van der Waals surface area contributed by atoms with Crippen LogP contribution in [0.3, 0.4) is 0 Å². The van der Waals surface area contributed by atoms with Gasteiger partial charge in [0.1, 0.15) is 0 Å². The van der Waals surface area contributed by atoms with Gasteiger partial charge in [-0.2, -0.15) is 5.10 Å². The van der Waals surface area contributed by atoms with E-state index in [1.807, 2.05) is 0 Å². The zero-order chi connectivity index (χ0) is 20.8. The maximum Gasteiger partial charge on any atom is 0.165 e. The first kappa shape index (κ1) is 22.4. The van der Waals surface area contributed by atoms with Crippen LogP contribution in [0.15, 0.2) is 45.2 Å². The zero-order valence-electron chi connectivity index (χ0n) is 18.5. The number of aliphatic imine (C=N–C) groups is 1. The highest BCUT2D eigenvalue weighted by Crippen LogP contribution is 2.31. The molecule has 5 nitrogen and oxygen atoms in total. The van der Waals surface area contributed by atoms with Gasteiger partial charge in [-0.1, -0.05) is 13.5 Å². The molecule has 0 bridgehead atoms. The van der Waals surface area contributed by atoms with Gasteiger partial charge in [0.15, 0.2) is 11.7 Å². The van der Waals surface area contributed by atoms with E-state index in [1.165, 1.54) is 43.4 Å². The van der Waals surface area contributed by atoms with Gasteiger partial charge in [0.2, 0.25) is 0 Å². The maximum atomic E-state index is 4.98. The van der Waals surface area contributed by atoms with E-state index in [0.717, 1.165) is 43.4 Å². The van der Waals surface area contributed by atoms with E-state index in [0.29, 0.717) is 6.04 Å². The van der Waals surface area contributed by atoms with E-state index in [9.17, 15) is 0 Å². The van der Waals surface area contributed by atoms with Crippen LogP contribution in [0.2, 0.25) is 0 Å². The first-order chi connectivity index (χ1) is 14.1. The predicted octanol–water partition coefficient (Wildman–Crippen LogP) is 4.45. The van der Waals surface area contributed by atoms with Crippen molar-refractivity contribution in [1.29, 1.82) is 0 Å². The lowest BCUT2D eigenvalue weighted by Crippen LogP contribution is -2.44. The van der Waals surface area contributed by atoms with Gasteiger partial charge in [-0.25, -0.2) is 0 Å². The number of allylic oxidation sites excluding steroid dienone is 3. The molecule has 2 heterocycles. The highest BCUT2D eigenvalue weighted by Gasteiger charge is 2.25. The van der Waals surface area contributed by atoms with Crippen molar-refractivity contribution in [2.24, 2.45) is 10.1 Å². The summed E-state index contributed by atoms with van der Waals surface area (Å²) in [6.07, 6.45) is 8.27. The van der Waals surface area contributed by atoms with Crippen molar-refractivity contribution in [3.05, 3.63) is 35.1 Å². The topological polar surface area (TPSA) is 43.2 Å². The Bertz CT molecular complexity index is 774. The van der Waals surface area contributed by atoms with Crippen LogP contribution in [0, 0.1) is 0 Å². The van der Waals surface area contributed by atoms with E-state index >= 15 is 0 Å². The standard InChI is InChI=1S/C23H36IN5/c1-6-28-13-9-11-20(16-28)25-23-18(4)29(7-2)22(26-27-23)14-17(3)21-12-8-10-19(21)15-24-5/h14-15,20H,4,6-13,16H2,1-3,5H3,(H,25,27)/b17-14+. The lowest BCUT2D eigenvalue weighted by Gasteiger charge is -2.33. The lowest BCUT2D eigenvalue weighted by molar-refractivity contribution is 0.220. The molecule has 160 valence electrons. The second-order valence-corrected chi connectivity index (χ2v) is 9.82. The van der Waals surface area contributed by atoms with E-state index in [4.69, 9.17) is 4.99 Å². The van der Waals surface area contributed by atoms with E-state index < -0.39 is 0 Å². The summed E-state index contributed by atoms with van der Waals surface area (Å²) in [6.45, 7) is 15.1. The summed E-state index contributed by atoms with van der Waals surface area (Å²) in [5.74, 6) is 1.77. The summed E-state index contributed by atoms with van der Waals surface area (Å²) in [6, 6.07) is 0.328. The van der Waals surface area contributed by atoms with Gasteiger partial charge in [-0.05, 0) is 90.8 Å². The highest BCUT2D eigenvalue weighted by atomic mass is 127. The van der Waals surface area contributed by atoms with Gasteiger partial charge in [-0.15, -0.1) is 20.7 Å². The number of nitrogens with zero attached hydrogens (tertiary/aromatic N) is 4. The number of alkyl halides is 1. The number of hydrogen-bond donors (Lipinski definition) is 1. The Morgan fingerprint density at radius 1 is 1.31 bits per heavy atom. The molecule has 1 unspecified atom stereocenters. The fraction of sp³-hybridized carbons (Fsp3) is 0.609. The van der Waals surface area contributed by atoms with Crippen LogP contribution in [-0.2, 0) is 0 Å². The number of hydrogen-bond acceptors (Lipinski definition) is 4. The third-order valence-corrected chi connectivity index (χ3v) is 7.41. The summed E-state index contributed by atoms with van der Waals surface area (Å²) >= 11 is 0.185. The molecule has 0 amide bonds. The van der Waals surface area contributed by atoms with Crippen molar-refractivity contribution in [2.75, 3.05) is 31.1 Å². The molecule has 1 N–H and O–H groups in total. The van der Waals surface area contributed by atoms with E-state index in [-0.39, 0.29) is 20.7 Å². The quantitative estimate of drug-likeness (QED) is 0.425. The SMILES string of the molecule is C=C1C(=NC2CCCN(CC)C2)NN=C(/C=C(\C)C2=C(C=IC)CCC2)N1CC. The number of hydrazone groups is 1. The van der Waals surface area contributed by atoms with Crippen molar-refractivity contribution < 1.29 is 0 Å². The van der Waals surface area contributed by atoms with Crippen LogP contribution < -0.4 is 5.43 Å². The minimum absolute atomic E-state index is 0.185. The van der Waals surface area contributed by atoms with Crippen molar-refractivity contribution in [1.82, 2.24) is 15.2 Å². The number of halogens is 1. The predicted molar refractivity (Wildman–Crippen MR) is 135 cm³/mol. The maximum absolute atomic E-state index is 4.98. The molecule has 6 heteroatoms. The van der Waals surface area contributed by atoms with Gasteiger partial charge in [0, 0.05) is 13.1 Å². The number of nitrogens with one attached hydrogen (secondary N) is 1. The first-order valence-corrected chi connectivity index (χ1v) is 14.3. The molecule has 1 fully saturated rings. The molecule has 0 aromatic carbocycles. The van der Waals surface area contributed by atoms with Crippen LogP contribution in [0.1, 0.15) is 52.9 Å². The number of amidine groups is 2. The smallest absolute Gasteiger partial charge is 0.165 e. The van der Waals surface area contributed by atoms with Crippen LogP contribution in [0.25, 0.3) is 0 Å². The van der Waals surface area contributed by atoms with E-state index in [2.05, 4.69) is 62.7 Å². The molecule has 0 aromatic heterocycles. The van der Waals surface area contributed by atoms with Gasteiger partial charge < -0.3 is 9.80 Å². The molecule has 0 radical (unpaired) electrons. The third-order valence-electron chi connectivity index (χ3n) is 6.03. The Balaban J connectivity index is 1.80. The molecule has 2 aliphatic heterocycles. The molecule has 1 atom stereocenters. The number of likely N-dealkylation sites (N-methyl/N-ethyl adjacent to an activating group) is 2. The number of likely N-dealkylation sites (tertiary alicyclic amines) is 1. The molecule has 0 aromatic rings. The fourth-order valence-corrected chi connectivity index (χ4v) is 5.86. The first-order valence-electron chi connectivity index (χ1n) is 10.9. The van der Waals surface area contributed by atoms with Crippen LogP contribution >= 0.6 is 20.7 Å². The average Bonchev–Trinajstić information content (AvgIpc) is 3.19. The van der Waals surface area contributed by atoms with Crippen LogP contribution in [0.5, 0.6) is 0 Å². The summed E-state index contributed by atoms with van der Waals surface area (Å²) in [4.78, 5) is 12.0. The summed E-state index contributed by atoms with van der Waals surface area (Å²) in [7, 11) is 0. The zero-order valence-corrected chi connectivity index (χ0v) is 20.6. The fourth-order valence-electron chi connectivity index (χ4n) is 4.42. The van der Waals surface area contributed by atoms with Crippen molar-refractivity contribution in [3.8, 4) is 0 Å². The van der Waals surface area contributed by atoms with Crippen LogP contribution in [-0.4, -0.2) is 62.6 Å². The summed E-state index contributed by atoms with van der Waals surface area (Å²) in [5, 5.41) is 4.69. The molecular formula is C23H36IN5. The molecule has 3 rings (SSSR count). The molecule has 0 spiro atoms. The monoisotopic (exact) mass is 509 g/mol. The van der Waals surface area contributed by atoms with Gasteiger partial charge in [0.25, 0.3) is 0 Å². The Kier molecular flexibility index (Phi) is 8.24. The van der Waals surface area contributed by atoms with Crippen molar-refractivity contribution >= 4 is 36.4 Å². The highest BCUT2D eigenvalue weighted by molar-refractivity contribution is 14.2. The number of piperidine rings is 1. The van der Waals surface area contributed by atoms with Crippen molar-refractivity contribution in [2.45, 2.75) is 58.9 Å². The third kappa shape index (κ3) is 5.45. The Morgan fingerprint density at radius 2 is 2.14 bits per heavy atom. The minimum Gasteiger partial charge on any atom is -0.323 e. The second kappa shape index (κ2) is 10.7. The summed E-state index contributed by atoms with van der Waals surface area (Å²) in [5.41, 5.74) is 8.58. The minimum atomic E-state index is 0.185. The van der Waals surface area contributed by atoms with Gasteiger partial charge in [0.05, 0.1) is 11.7 Å². The van der Waals surface area contributed by atoms with Gasteiger partial charge in [-0.3, -0.25) is 10.4 Å². The molecule has 1 saturated heterocycles. The molecule has 1 aliphatic carbocycles. The average molecular weight is 509 g/mol. The Labute approximate surface area is 186 Å². The molecule has 29 heavy (non-hydrogen) atoms. The normalized spacial score (nSPS) is 26.2. The Morgan fingerprint density at radius 3 is 2.86 bits per heavy atom. The molecule has 3 aliphatic rings. The van der Waals surface area contributed by atoms with Crippen LogP contribution in [0.4, 0.5) is 0 Å². The number of rotatable bonds is 6. The van der Waals surface area contributed by atoms with Crippen molar-refractivity contribution in [3.63, 3.8) is 0 Å². The second-order valence-electron chi connectivity index (χ2n) is 7.95. The lowest BCUT2D eigenvalue weighted by atomic mass is 10.0. The molecular weight excluding hydrogens is 473 g/mol. The van der Waals surface area contributed by atoms with Gasteiger partial charge >= 0.3 is 0 Å². The van der Waals surface area contributed by atoms with E-state index in [1.54, 1.807) is 5.57 Å². The summed E-state index contributed by atoms with van der Waals surface area (Å²) < 4.78 is 2.49. The Hall–Kier alpha value is -1.28.